The maximum Gasteiger partial charge on any atom is 0.227 e. The summed E-state index contributed by atoms with van der Waals surface area (Å²) in [6.07, 6.45) is 2.31. The van der Waals surface area contributed by atoms with Crippen LogP contribution in [0.2, 0.25) is 0 Å². The van der Waals surface area contributed by atoms with Gasteiger partial charge < -0.3 is 10.2 Å². The van der Waals surface area contributed by atoms with Gasteiger partial charge in [-0.15, -0.1) is 0 Å². The van der Waals surface area contributed by atoms with E-state index in [9.17, 15) is 9.59 Å². The van der Waals surface area contributed by atoms with E-state index in [0.29, 0.717) is 13.0 Å². The molecule has 1 N–H and O–H groups in total. The Balaban J connectivity index is 2.01. The summed E-state index contributed by atoms with van der Waals surface area (Å²) in [6.45, 7) is 6.59. The fourth-order valence-electron chi connectivity index (χ4n) is 2.79. The van der Waals surface area contributed by atoms with Gasteiger partial charge in [0, 0.05) is 24.7 Å². The van der Waals surface area contributed by atoms with Gasteiger partial charge in [0.25, 0.3) is 0 Å². The van der Waals surface area contributed by atoms with Gasteiger partial charge in [0.1, 0.15) is 0 Å². The zero-order valence-corrected chi connectivity index (χ0v) is 13.1. The first-order chi connectivity index (χ1) is 10.0. The molecule has 1 saturated heterocycles. The standard InChI is InChI=1S/C17H24N2O2/c1-4-6-13(3)18-17(21)14-10-16(20)19(11-14)15-8-5-7-12(2)9-15/h5,7-9,13-14H,4,6,10-11H2,1-3H3,(H,18,21)/t13-,14-/m0/s1. The second-order valence-corrected chi connectivity index (χ2v) is 5.94. The van der Waals surface area contributed by atoms with Crippen molar-refractivity contribution in [2.45, 2.75) is 46.1 Å². The predicted molar refractivity (Wildman–Crippen MR) is 84.2 cm³/mol. The van der Waals surface area contributed by atoms with Crippen molar-refractivity contribution in [1.29, 1.82) is 0 Å². The lowest BCUT2D eigenvalue weighted by Crippen LogP contribution is -2.38. The molecule has 1 aliphatic heterocycles. The molecule has 1 heterocycles. The molecule has 4 nitrogen and oxygen atoms in total. The highest BCUT2D eigenvalue weighted by Crippen LogP contribution is 2.25. The van der Waals surface area contributed by atoms with Crippen molar-refractivity contribution in [3.05, 3.63) is 29.8 Å². The maximum atomic E-state index is 12.2. The summed E-state index contributed by atoms with van der Waals surface area (Å²) < 4.78 is 0. The minimum Gasteiger partial charge on any atom is -0.353 e. The molecule has 0 spiro atoms. The molecule has 0 radical (unpaired) electrons. The number of hydrogen-bond donors (Lipinski definition) is 1. The Labute approximate surface area is 126 Å². The van der Waals surface area contributed by atoms with Crippen LogP contribution in [-0.2, 0) is 9.59 Å². The second-order valence-electron chi connectivity index (χ2n) is 5.94. The van der Waals surface area contributed by atoms with Gasteiger partial charge in [0.2, 0.25) is 11.8 Å². The van der Waals surface area contributed by atoms with E-state index in [0.717, 1.165) is 24.1 Å². The van der Waals surface area contributed by atoms with Crippen LogP contribution in [0.15, 0.2) is 24.3 Å². The second kappa shape index (κ2) is 6.74. The number of amides is 2. The molecule has 0 unspecified atom stereocenters. The van der Waals surface area contributed by atoms with E-state index in [1.54, 1.807) is 4.90 Å². The highest BCUT2D eigenvalue weighted by molar-refractivity contribution is 6.00. The average molecular weight is 288 g/mol. The van der Waals surface area contributed by atoms with Crippen molar-refractivity contribution in [2.75, 3.05) is 11.4 Å². The quantitative estimate of drug-likeness (QED) is 0.905. The van der Waals surface area contributed by atoms with Crippen LogP contribution in [0.5, 0.6) is 0 Å². The summed E-state index contributed by atoms with van der Waals surface area (Å²) in [5, 5.41) is 3.01. The SMILES string of the molecule is CCC[C@H](C)NC(=O)[C@H]1CC(=O)N(c2cccc(C)c2)C1. The van der Waals surface area contributed by atoms with Crippen LogP contribution in [0.25, 0.3) is 0 Å². The highest BCUT2D eigenvalue weighted by Gasteiger charge is 2.35. The number of rotatable bonds is 5. The van der Waals surface area contributed by atoms with Gasteiger partial charge in [-0.25, -0.2) is 0 Å². The fraction of sp³-hybridized carbons (Fsp3) is 0.529. The normalized spacial score (nSPS) is 19.7. The molecular formula is C17H24N2O2. The molecular weight excluding hydrogens is 264 g/mol. The summed E-state index contributed by atoms with van der Waals surface area (Å²) in [4.78, 5) is 26.1. The van der Waals surface area contributed by atoms with Crippen LogP contribution >= 0.6 is 0 Å². The van der Waals surface area contributed by atoms with Crippen LogP contribution in [0, 0.1) is 12.8 Å². The molecule has 4 heteroatoms. The molecule has 2 amide bonds. The highest BCUT2D eigenvalue weighted by atomic mass is 16.2. The molecule has 2 atom stereocenters. The Morgan fingerprint density at radius 1 is 1.48 bits per heavy atom. The summed E-state index contributed by atoms with van der Waals surface area (Å²) in [5.41, 5.74) is 2.00. The van der Waals surface area contributed by atoms with Gasteiger partial charge in [-0.05, 0) is 38.0 Å². The topological polar surface area (TPSA) is 49.4 Å². The number of carbonyl (C=O) groups excluding carboxylic acids is 2. The summed E-state index contributed by atoms with van der Waals surface area (Å²) in [6, 6.07) is 8.02. The van der Waals surface area contributed by atoms with Crippen LogP contribution in [-0.4, -0.2) is 24.4 Å². The fourth-order valence-corrected chi connectivity index (χ4v) is 2.79. The summed E-state index contributed by atoms with van der Waals surface area (Å²) in [5.74, 6) is -0.208. The lowest BCUT2D eigenvalue weighted by Gasteiger charge is -2.18. The molecule has 1 aliphatic rings. The van der Waals surface area contributed by atoms with E-state index in [-0.39, 0.29) is 23.8 Å². The number of anilines is 1. The van der Waals surface area contributed by atoms with E-state index in [2.05, 4.69) is 12.2 Å². The Morgan fingerprint density at radius 2 is 2.24 bits per heavy atom. The van der Waals surface area contributed by atoms with Gasteiger partial charge in [-0.3, -0.25) is 9.59 Å². The van der Waals surface area contributed by atoms with E-state index in [1.807, 2.05) is 38.1 Å². The van der Waals surface area contributed by atoms with E-state index < -0.39 is 0 Å². The van der Waals surface area contributed by atoms with Crippen LogP contribution in [0.3, 0.4) is 0 Å². The lowest BCUT2D eigenvalue weighted by atomic mass is 10.1. The maximum absolute atomic E-state index is 12.2. The summed E-state index contributed by atoms with van der Waals surface area (Å²) >= 11 is 0. The third-order valence-electron chi connectivity index (χ3n) is 3.92. The van der Waals surface area contributed by atoms with Gasteiger partial charge in [-0.2, -0.15) is 0 Å². The van der Waals surface area contributed by atoms with Gasteiger partial charge >= 0.3 is 0 Å². The number of nitrogens with zero attached hydrogens (tertiary/aromatic N) is 1. The third kappa shape index (κ3) is 3.84. The molecule has 0 bridgehead atoms. The zero-order chi connectivity index (χ0) is 15.4. The lowest BCUT2D eigenvalue weighted by molar-refractivity contribution is -0.126. The molecule has 0 saturated carbocycles. The van der Waals surface area contributed by atoms with Crippen molar-refractivity contribution in [2.24, 2.45) is 5.92 Å². The Bertz CT molecular complexity index is 527. The predicted octanol–water partition coefficient (Wildman–Crippen LogP) is 2.65. The van der Waals surface area contributed by atoms with Crippen molar-refractivity contribution in [1.82, 2.24) is 5.32 Å². The van der Waals surface area contributed by atoms with Gasteiger partial charge in [0.05, 0.1) is 5.92 Å². The number of nitrogens with one attached hydrogen (secondary N) is 1. The molecule has 21 heavy (non-hydrogen) atoms. The van der Waals surface area contributed by atoms with Crippen molar-refractivity contribution in [3.63, 3.8) is 0 Å². The molecule has 114 valence electrons. The molecule has 1 fully saturated rings. The van der Waals surface area contributed by atoms with Crippen LogP contribution < -0.4 is 10.2 Å². The number of aryl methyl sites for hydroxylation is 1. The zero-order valence-electron chi connectivity index (χ0n) is 13.1. The molecule has 0 aliphatic carbocycles. The molecule has 2 rings (SSSR count). The first kappa shape index (κ1) is 15.5. The Kier molecular flexibility index (Phi) is 4.99. The first-order valence-electron chi connectivity index (χ1n) is 7.68. The van der Waals surface area contributed by atoms with Crippen molar-refractivity contribution in [3.8, 4) is 0 Å². The summed E-state index contributed by atoms with van der Waals surface area (Å²) in [7, 11) is 0. The molecule has 1 aromatic rings. The van der Waals surface area contributed by atoms with Gasteiger partial charge in [-0.1, -0.05) is 25.5 Å². The van der Waals surface area contributed by atoms with Gasteiger partial charge in [0.15, 0.2) is 0 Å². The van der Waals surface area contributed by atoms with E-state index in [4.69, 9.17) is 0 Å². The van der Waals surface area contributed by atoms with E-state index >= 15 is 0 Å². The monoisotopic (exact) mass is 288 g/mol. The largest absolute Gasteiger partial charge is 0.353 e. The minimum absolute atomic E-state index is 0.000506. The van der Waals surface area contributed by atoms with Crippen molar-refractivity contribution >= 4 is 17.5 Å². The average Bonchev–Trinajstić information content (AvgIpc) is 2.81. The van der Waals surface area contributed by atoms with Crippen LogP contribution in [0.4, 0.5) is 5.69 Å². The molecule has 0 aromatic heterocycles. The molecule has 1 aromatic carbocycles. The first-order valence-corrected chi connectivity index (χ1v) is 7.68. The third-order valence-corrected chi connectivity index (χ3v) is 3.92. The van der Waals surface area contributed by atoms with Crippen molar-refractivity contribution < 1.29 is 9.59 Å². The minimum atomic E-state index is -0.239. The Hall–Kier alpha value is -1.84. The smallest absolute Gasteiger partial charge is 0.227 e. The Morgan fingerprint density at radius 3 is 2.90 bits per heavy atom. The number of carbonyl (C=O) groups is 2. The number of hydrogen-bond acceptors (Lipinski definition) is 2. The number of benzene rings is 1. The van der Waals surface area contributed by atoms with Crippen LogP contribution in [0.1, 0.15) is 38.7 Å². The van der Waals surface area contributed by atoms with E-state index in [1.165, 1.54) is 0 Å².